The lowest BCUT2D eigenvalue weighted by atomic mass is 10.3. The highest BCUT2D eigenvalue weighted by atomic mass is 32.2. The molecule has 120 valence electrons. The Labute approximate surface area is 127 Å². The van der Waals surface area contributed by atoms with E-state index in [0.717, 1.165) is 6.54 Å². The number of para-hydroxylation sites is 1. The van der Waals surface area contributed by atoms with Crippen molar-refractivity contribution in [1.82, 2.24) is 9.62 Å². The number of hydrogen-bond acceptors (Lipinski definition) is 5. The van der Waals surface area contributed by atoms with Gasteiger partial charge in [0.2, 0.25) is 10.0 Å². The van der Waals surface area contributed by atoms with E-state index in [4.69, 9.17) is 4.74 Å². The van der Waals surface area contributed by atoms with Gasteiger partial charge in [-0.05, 0) is 26.2 Å². The summed E-state index contributed by atoms with van der Waals surface area (Å²) in [5.74, 6) is 0. The van der Waals surface area contributed by atoms with Crippen molar-refractivity contribution in [2.24, 2.45) is 0 Å². The molecule has 1 aromatic carbocycles. The van der Waals surface area contributed by atoms with Gasteiger partial charge in [-0.2, -0.15) is 0 Å². The highest BCUT2D eigenvalue weighted by Gasteiger charge is 2.16. The lowest BCUT2D eigenvalue weighted by Gasteiger charge is -2.13. The third kappa shape index (κ3) is 6.43. The number of ether oxygens (including phenoxy) is 1. The maximum atomic E-state index is 12.1. The van der Waals surface area contributed by atoms with E-state index < -0.39 is 10.0 Å². The topological polar surface area (TPSA) is 70.7 Å². The van der Waals surface area contributed by atoms with Gasteiger partial charge in [-0.25, -0.2) is 13.1 Å². The van der Waals surface area contributed by atoms with Crippen molar-refractivity contribution >= 4 is 15.7 Å². The molecule has 0 aliphatic carbocycles. The van der Waals surface area contributed by atoms with E-state index in [1.807, 2.05) is 19.0 Å². The van der Waals surface area contributed by atoms with Crippen LogP contribution in [0.1, 0.15) is 6.92 Å². The van der Waals surface area contributed by atoms with E-state index >= 15 is 0 Å². The molecule has 2 N–H and O–H groups in total. The minimum Gasteiger partial charge on any atom is -0.382 e. The van der Waals surface area contributed by atoms with Gasteiger partial charge in [0.1, 0.15) is 4.90 Å². The van der Waals surface area contributed by atoms with Gasteiger partial charge in [-0.15, -0.1) is 0 Å². The fraction of sp³-hybridized carbons (Fsp3) is 0.571. The van der Waals surface area contributed by atoms with E-state index in [9.17, 15) is 8.42 Å². The Morgan fingerprint density at radius 3 is 2.57 bits per heavy atom. The van der Waals surface area contributed by atoms with Gasteiger partial charge in [-0.3, -0.25) is 0 Å². The summed E-state index contributed by atoms with van der Waals surface area (Å²) in [7, 11) is 0.519. The smallest absolute Gasteiger partial charge is 0.242 e. The molecule has 0 unspecified atom stereocenters. The molecule has 7 heteroatoms. The van der Waals surface area contributed by atoms with Crippen molar-refractivity contribution < 1.29 is 13.2 Å². The van der Waals surface area contributed by atoms with Crippen LogP contribution in [0.3, 0.4) is 0 Å². The third-order valence-corrected chi connectivity index (χ3v) is 4.36. The second kappa shape index (κ2) is 8.99. The lowest BCUT2D eigenvalue weighted by molar-refractivity contribution is 0.126. The van der Waals surface area contributed by atoms with Crippen molar-refractivity contribution in [2.75, 3.05) is 52.3 Å². The molecule has 0 aliphatic rings. The van der Waals surface area contributed by atoms with Gasteiger partial charge >= 0.3 is 0 Å². The van der Waals surface area contributed by atoms with Gasteiger partial charge in [0.15, 0.2) is 0 Å². The average molecular weight is 315 g/mol. The molecule has 0 aliphatic heterocycles. The first kappa shape index (κ1) is 17.9. The molecule has 0 saturated carbocycles. The lowest BCUT2D eigenvalue weighted by Crippen LogP contribution is -2.24. The Morgan fingerprint density at radius 2 is 1.90 bits per heavy atom. The predicted molar refractivity (Wildman–Crippen MR) is 85.2 cm³/mol. The van der Waals surface area contributed by atoms with Crippen molar-refractivity contribution in [1.29, 1.82) is 0 Å². The molecule has 21 heavy (non-hydrogen) atoms. The number of anilines is 1. The number of nitrogens with zero attached hydrogens (tertiary/aromatic N) is 1. The number of benzene rings is 1. The van der Waals surface area contributed by atoms with Crippen LogP contribution in [0.15, 0.2) is 29.2 Å². The highest BCUT2D eigenvalue weighted by Crippen LogP contribution is 2.20. The zero-order valence-electron chi connectivity index (χ0n) is 12.9. The number of rotatable bonds is 10. The van der Waals surface area contributed by atoms with Crippen LogP contribution in [0.5, 0.6) is 0 Å². The Morgan fingerprint density at radius 1 is 1.19 bits per heavy atom. The highest BCUT2D eigenvalue weighted by molar-refractivity contribution is 7.89. The Hall–Kier alpha value is -1.15. The molecule has 0 atom stereocenters. The predicted octanol–water partition coefficient (Wildman–Crippen LogP) is 0.975. The van der Waals surface area contributed by atoms with Crippen LogP contribution in [0, 0.1) is 0 Å². The second-order valence-corrected chi connectivity index (χ2v) is 6.58. The molecule has 0 radical (unpaired) electrons. The fourth-order valence-electron chi connectivity index (χ4n) is 1.72. The van der Waals surface area contributed by atoms with Gasteiger partial charge in [0.05, 0.1) is 18.9 Å². The molecule has 0 heterocycles. The fourth-order valence-corrected chi connectivity index (χ4v) is 2.94. The standard InChI is InChI=1S/C14H25N3O3S/c1-4-16-21(18,19)14-8-6-5-7-13(14)15-9-11-20-12-10-17(2)3/h5-8,15-16H,4,9-12H2,1-3H3. The Balaban J connectivity index is 2.52. The van der Waals surface area contributed by atoms with Crippen molar-refractivity contribution in [3.8, 4) is 0 Å². The van der Waals surface area contributed by atoms with Crippen LogP contribution in [0.4, 0.5) is 5.69 Å². The summed E-state index contributed by atoms with van der Waals surface area (Å²) in [5, 5.41) is 3.11. The monoisotopic (exact) mass is 315 g/mol. The van der Waals surface area contributed by atoms with Crippen LogP contribution in [0.2, 0.25) is 0 Å². The van der Waals surface area contributed by atoms with E-state index in [0.29, 0.717) is 32.0 Å². The maximum absolute atomic E-state index is 12.1. The molecule has 0 aromatic heterocycles. The normalized spacial score (nSPS) is 11.8. The first-order valence-electron chi connectivity index (χ1n) is 7.02. The zero-order valence-corrected chi connectivity index (χ0v) is 13.7. The van der Waals surface area contributed by atoms with Gasteiger partial charge in [-0.1, -0.05) is 19.1 Å². The zero-order chi connectivity index (χ0) is 15.7. The summed E-state index contributed by atoms with van der Waals surface area (Å²) >= 11 is 0. The van der Waals surface area contributed by atoms with Crippen molar-refractivity contribution in [3.63, 3.8) is 0 Å². The van der Waals surface area contributed by atoms with Crippen molar-refractivity contribution in [3.05, 3.63) is 24.3 Å². The molecule has 0 spiro atoms. The van der Waals surface area contributed by atoms with Crippen LogP contribution in [-0.2, 0) is 14.8 Å². The maximum Gasteiger partial charge on any atom is 0.242 e. The number of likely N-dealkylation sites (N-methyl/N-ethyl adjacent to an activating group) is 1. The summed E-state index contributed by atoms with van der Waals surface area (Å²) in [6.45, 7) is 4.74. The minimum atomic E-state index is -3.46. The van der Waals surface area contributed by atoms with E-state index in [1.54, 1.807) is 31.2 Å². The second-order valence-electron chi connectivity index (χ2n) is 4.84. The van der Waals surface area contributed by atoms with E-state index in [2.05, 4.69) is 10.0 Å². The first-order valence-corrected chi connectivity index (χ1v) is 8.50. The van der Waals surface area contributed by atoms with Gasteiger partial charge < -0.3 is 15.0 Å². The molecule has 0 fully saturated rings. The molecule has 1 rings (SSSR count). The van der Waals surface area contributed by atoms with Crippen LogP contribution < -0.4 is 10.0 Å². The molecule has 0 saturated heterocycles. The molecule has 0 bridgehead atoms. The quantitative estimate of drug-likeness (QED) is 0.630. The van der Waals surface area contributed by atoms with Crippen LogP contribution >= 0.6 is 0 Å². The van der Waals surface area contributed by atoms with Crippen LogP contribution in [0.25, 0.3) is 0 Å². The SMILES string of the molecule is CCNS(=O)(=O)c1ccccc1NCCOCCN(C)C. The number of hydrogen-bond donors (Lipinski definition) is 2. The molecule has 0 amide bonds. The summed E-state index contributed by atoms with van der Waals surface area (Å²) < 4.78 is 32.1. The molecular formula is C14H25N3O3S. The average Bonchev–Trinajstić information content (AvgIpc) is 2.42. The summed E-state index contributed by atoms with van der Waals surface area (Å²) in [6, 6.07) is 6.86. The number of sulfonamides is 1. The summed E-state index contributed by atoms with van der Waals surface area (Å²) in [5.41, 5.74) is 0.592. The molecule has 1 aromatic rings. The van der Waals surface area contributed by atoms with E-state index in [1.165, 1.54) is 0 Å². The first-order chi connectivity index (χ1) is 9.97. The van der Waals surface area contributed by atoms with Crippen molar-refractivity contribution in [2.45, 2.75) is 11.8 Å². The Bertz CT molecular complexity index is 518. The molecule has 6 nitrogen and oxygen atoms in total. The molecular weight excluding hydrogens is 290 g/mol. The van der Waals surface area contributed by atoms with E-state index in [-0.39, 0.29) is 4.90 Å². The summed E-state index contributed by atoms with van der Waals surface area (Å²) in [6.07, 6.45) is 0. The third-order valence-electron chi connectivity index (χ3n) is 2.76. The van der Waals surface area contributed by atoms with Gasteiger partial charge in [0, 0.05) is 19.6 Å². The summed E-state index contributed by atoms with van der Waals surface area (Å²) in [4.78, 5) is 2.31. The van der Waals surface area contributed by atoms with Crippen LogP contribution in [-0.4, -0.2) is 60.3 Å². The largest absolute Gasteiger partial charge is 0.382 e. The Kier molecular flexibility index (Phi) is 7.66. The minimum absolute atomic E-state index is 0.264. The van der Waals surface area contributed by atoms with Gasteiger partial charge in [0.25, 0.3) is 0 Å². The number of nitrogens with one attached hydrogen (secondary N) is 2.